The van der Waals surface area contributed by atoms with Gasteiger partial charge in [-0.1, -0.05) is 56.9 Å². The van der Waals surface area contributed by atoms with E-state index in [1.54, 1.807) is 12.1 Å². The molecular weight excluding hydrogens is 226 g/mol. The van der Waals surface area contributed by atoms with Gasteiger partial charge < -0.3 is 0 Å². The average Bonchev–Trinajstić information content (AvgIpc) is 2.38. The molecule has 0 aliphatic rings. The van der Waals surface area contributed by atoms with Gasteiger partial charge in [-0.05, 0) is 18.4 Å². The lowest BCUT2D eigenvalue weighted by Crippen LogP contribution is -1.87. The topological polar surface area (TPSA) is 43.1 Å². The molecule has 0 aliphatic heterocycles. The number of unbranched alkanes of at least 4 members (excludes halogenated alkanes) is 5. The molecule has 1 aromatic rings. The second-order valence-electron chi connectivity index (χ2n) is 4.46. The third kappa shape index (κ3) is 5.62. The SMILES string of the molecule is CCCCCCC/C=C/c1cccc([N+](=O)[O-])c1. The minimum absolute atomic E-state index is 0.153. The molecule has 0 N–H and O–H groups in total. The van der Waals surface area contributed by atoms with E-state index in [0.717, 1.165) is 12.0 Å². The number of allylic oxidation sites excluding steroid dienone is 1. The summed E-state index contributed by atoms with van der Waals surface area (Å²) in [6, 6.07) is 6.73. The Morgan fingerprint density at radius 1 is 1.22 bits per heavy atom. The van der Waals surface area contributed by atoms with Crippen molar-refractivity contribution in [3.63, 3.8) is 0 Å². The maximum Gasteiger partial charge on any atom is 0.270 e. The van der Waals surface area contributed by atoms with E-state index in [9.17, 15) is 10.1 Å². The molecule has 0 radical (unpaired) electrons. The molecule has 1 rings (SSSR count). The van der Waals surface area contributed by atoms with Crippen LogP contribution in [0, 0.1) is 10.1 Å². The molecule has 0 fully saturated rings. The van der Waals surface area contributed by atoms with Crippen molar-refractivity contribution < 1.29 is 4.92 Å². The first-order valence-electron chi connectivity index (χ1n) is 6.65. The van der Waals surface area contributed by atoms with Crippen molar-refractivity contribution in [2.75, 3.05) is 0 Å². The van der Waals surface area contributed by atoms with Crippen molar-refractivity contribution in [2.24, 2.45) is 0 Å². The van der Waals surface area contributed by atoms with E-state index in [-0.39, 0.29) is 10.6 Å². The van der Waals surface area contributed by atoms with Gasteiger partial charge in [0, 0.05) is 12.1 Å². The fourth-order valence-corrected chi connectivity index (χ4v) is 1.83. The van der Waals surface area contributed by atoms with Crippen LogP contribution >= 0.6 is 0 Å². The van der Waals surface area contributed by atoms with Crippen LogP contribution in [0.3, 0.4) is 0 Å². The predicted molar refractivity (Wildman–Crippen MR) is 75.5 cm³/mol. The summed E-state index contributed by atoms with van der Waals surface area (Å²) < 4.78 is 0. The van der Waals surface area contributed by atoms with E-state index in [0.29, 0.717) is 0 Å². The molecule has 0 aliphatic carbocycles. The highest BCUT2D eigenvalue weighted by molar-refractivity contribution is 5.53. The van der Waals surface area contributed by atoms with Crippen molar-refractivity contribution in [1.29, 1.82) is 0 Å². The first-order valence-corrected chi connectivity index (χ1v) is 6.65. The molecule has 0 aromatic heterocycles. The molecule has 0 bridgehead atoms. The third-order valence-electron chi connectivity index (χ3n) is 2.87. The number of nitrogens with zero attached hydrogens (tertiary/aromatic N) is 1. The van der Waals surface area contributed by atoms with E-state index in [2.05, 4.69) is 13.0 Å². The Bertz CT molecular complexity index is 399. The fraction of sp³-hybridized carbons (Fsp3) is 0.467. The number of nitro benzene ring substituents is 1. The summed E-state index contributed by atoms with van der Waals surface area (Å²) in [5.41, 5.74) is 1.05. The molecule has 0 saturated carbocycles. The monoisotopic (exact) mass is 247 g/mol. The molecule has 0 amide bonds. The van der Waals surface area contributed by atoms with Crippen LogP contribution in [-0.4, -0.2) is 4.92 Å². The molecule has 0 spiro atoms. The second-order valence-corrected chi connectivity index (χ2v) is 4.46. The zero-order valence-electron chi connectivity index (χ0n) is 11.0. The molecule has 3 heteroatoms. The molecule has 0 saturated heterocycles. The standard InChI is InChI=1S/C15H21NO2/c1-2-3-4-5-6-7-8-10-14-11-9-12-15(13-14)16(17)18/h8-13H,2-7H2,1H3/b10-8+. The van der Waals surface area contributed by atoms with E-state index in [4.69, 9.17) is 0 Å². The van der Waals surface area contributed by atoms with Gasteiger partial charge in [0.1, 0.15) is 0 Å². The number of rotatable bonds is 8. The maximum absolute atomic E-state index is 10.6. The average molecular weight is 247 g/mol. The molecule has 0 atom stereocenters. The van der Waals surface area contributed by atoms with Crippen LogP contribution < -0.4 is 0 Å². The Balaban J connectivity index is 2.33. The van der Waals surface area contributed by atoms with E-state index >= 15 is 0 Å². The first-order chi connectivity index (χ1) is 8.74. The van der Waals surface area contributed by atoms with Gasteiger partial charge in [0.25, 0.3) is 5.69 Å². The summed E-state index contributed by atoms with van der Waals surface area (Å²) in [7, 11) is 0. The van der Waals surface area contributed by atoms with Gasteiger partial charge in [-0.15, -0.1) is 0 Å². The summed E-state index contributed by atoms with van der Waals surface area (Å²) in [5.74, 6) is 0. The van der Waals surface area contributed by atoms with Crippen LogP contribution in [0.4, 0.5) is 5.69 Å². The van der Waals surface area contributed by atoms with Crippen molar-refractivity contribution >= 4 is 11.8 Å². The van der Waals surface area contributed by atoms with Crippen LogP contribution in [0.2, 0.25) is 0 Å². The van der Waals surface area contributed by atoms with Crippen molar-refractivity contribution in [3.05, 3.63) is 46.0 Å². The molecule has 3 nitrogen and oxygen atoms in total. The van der Waals surface area contributed by atoms with Crippen LogP contribution in [0.1, 0.15) is 51.0 Å². The van der Waals surface area contributed by atoms with Gasteiger partial charge in [0.15, 0.2) is 0 Å². The molecular formula is C15H21NO2. The van der Waals surface area contributed by atoms with Gasteiger partial charge in [0.2, 0.25) is 0 Å². The Hall–Kier alpha value is -1.64. The van der Waals surface area contributed by atoms with Gasteiger partial charge >= 0.3 is 0 Å². The largest absolute Gasteiger partial charge is 0.270 e. The Morgan fingerprint density at radius 2 is 2.00 bits per heavy atom. The van der Waals surface area contributed by atoms with Crippen LogP contribution in [0.15, 0.2) is 30.3 Å². The normalized spacial score (nSPS) is 10.9. The maximum atomic E-state index is 10.6. The number of hydrogen-bond donors (Lipinski definition) is 0. The van der Waals surface area contributed by atoms with Crippen LogP contribution in [0.25, 0.3) is 6.08 Å². The van der Waals surface area contributed by atoms with Gasteiger partial charge in [-0.25, -0.2) is 0 Å². The highest BCUT2D eigenvalue weighted by atomic mass is 16.6. The molecule has 0 heterocycles. The Morgan fingerprint density at radius 3 is 2.72 bits per heavy atom. The molecule has 0 unspecified atom stereocenters. The van der Waals surface area contributed by atoms with Gasteiger partial charge in [-0.2, -0.15) is 0 Å². The fourth-order valence-electron chi connectivity index (χ4n) is 1.83. The Kier molecular flexibility index (Phi) is 6.77. The highest BCUT2D eigenvalue weighted by Gasteiger charge is 2.03. The lowest BCUT2D eigenvalue weighted by molar-refractivity contribution is -0.384. The first kappa shape index (κ1) is 14.4. The predicted octanol–water partition coefficient (Wildman–Crippen LogP) is 4.97. The molecule has 1 aromatic carbocycles. The van der Waals surface area contributed by atoms with Crippen LogP contribution in [0.5, 0.6) is 0 Å². The summed E-state index contributed by atoms with van der Waals surface area (Å²) in [6.45, 7) is 2.21. The summed E-state index contributed by atoms with van der Waals surface area (Å²) in [4.78, 5) is 10.3. The summed E-state index contributed by atoms with van der Waals surface area (Å²) in [6.07, 6.45) is 11.5. The van der Waals surface area contributed by atoms with Crippen LogP contribution in [-0.2, 0) is 0 Å². The number of hydrogen-bond acceptors (Lipinski definition) is 2. The minimum atomic E-state index is -0.359. The summed E-state index contributed by atoms with van der Waals surface area (Å²) >= 11 is 0. The number of nitro groups is 1. The lowest BCUT2D eigenvalue weighted by Gasteiger charge is -1.97. The summed E-state index contributed by atoms with van der Waals surface area (Å²) in [5, 5.41) is 10.6. The van der Waals surface area contributed by atoms with Gasteiger partial charge in [0.05, 0.1) is 4.92 Å². The quantitative estimate of drug-likeness (QED) is 0.370. The van der Waals surface area contributed by atoms with E-state index in [1.165, 1.54) is 38.2 Å². The van der Waals surface area contributed by atoms with Crippen molar-refractivity contribution in [2.45, 2.75) is 45.4 Å². The smallest absolute Gasteiger partial charge is 0.258 e. The highest BCUT2D eigenvalue weighted by Crippen LogP contribution is 2.14. The third-order valence-corrected chi connectivity index (χ3v) is 2.87. The van der Waals surface area contributed by atoms with Crippen molar-refractivity contribution in [1.82, 2.24) is 0 Å². The zero-order valence-corrected chi connectivity index (χ0v) is 11.0. The van der Waals surface area contributed by atoms with Crippen molar-refractivity contribution in [3.8, 4) is 0 Å². The Labute approximate surface area is 109 Å². The van der Waals surface area contributed by atoms with E-state index < -0.39 is 0 Å². The zero-order chi connectivity index (χ0) is 13.2. The lowest BCUT2D eigenvalue weighted by atomic mass is 10.1. The molecule has 18 heavy (non-hydrogen) atoms. The number of non-ortho nitro benzene ring substituents is 1. The second kappa shape index (κ2) is 8.45. The van der Waals surface area contributed by atoms with Gasteiger partial charge in [-0.3, -0.25) is 10.1 Å². The van der Waals surface area contributed by atoms with E-state index in [1.807, 2.05) is 12.1 Å². The molecule has 98 valence electrons. The number of benzene rings is 1. The minimum Gasteiger partial charge on any atom is -0.258 e.